The Bertz CT molecular complexity index is 257. The highest BCUT2D eigenvalue weighted by atomic mass is 16.4. The van der Waals surface area contributed by atoms with E-state index >= 15 is 0 Å². The van der Waals surface area contributed by atoms with E-state index in [9.17, 15) is 9.90 Å². The molecule has 4 heteroatoms. The predicted octanol–water partition coefficient (Wildman–Crippen LogP) is 1.91. The lowest BCUT2D eigenvalue weighted by Gasteiger charge is -2.39. The molecule has 0 atom stereocenters. The third kappa shape index (κ3) is 3.69. The average molecular weight is 256 g/mol. The Balaban J connectivity index is 2.50. The molecule has 0 unspecified atom stereocenters. The molecule has 0 amide bonds. The Morgan fingerprint density at radius 1 is 1.06 bits per heavy atom. The first-order chi connectivity index (χ1) is 8.57. The van der Waals surface area contributed by atoms with Gasteiger partial charge >= 0.3 is 5.97 Å². The van der Waals surface area contributed by atoms with Gasteiger partial charge in [0.05, 0.1) is 5.41 Å². The van der Waals surface area contributed by atoms with Crippen molar-refractivity contribution < 1.29 is 9.90 Å². The van der Waals surface area contributed by atoms with Gasteiger partial charge in [-0.15, -0.1) is 0 Å². The van der Waals surface area contributed by atoms with E-state index < -0.39 is 11.4 Å². The molecule has 1 heterocycles. The van der Waals surface area contributed by atoms with Crippen LogP contribution in [-0.4, -0.2) is 60.1 Å². The zero-order valence-corrected chi connectivity index (χ0v) is 12.1. The van der Waals surface area contributed by atoms with Crippen LogP contribution >= 0.6 is 0 Å². The van der Waals surface area contributed by atoms with Crippen molar-refractivity contribution in [1.29, 1.82) is 0 Å². The SMILES string of the molecule is CCCN1CCN(CC(CC)(CC)C(=O)O)CC1. The number of piperazine rings is 1. The zero-order chi connectivity index (χ0) is 13.6. The summed E-state index contributed by atoms with van der Waals surface area (Å²) in [5.41, 5.74) is -0.549. The highest BCUT2D eigenvalue weighted by molar-refractivity contribution is 5.74. The lowest BCUT2D eigenvalue weighted by molar-refractivity contribution is -0.151. The summed E-state index contributed by atoms with van der Waals surface area (Å²) in [5, 5.41) is 9.45. The smallest absolute Gasteiger partial charge is 0.310 e. The summed E-state index contributed by atoms with van der Waals surface area (Å²) in [6.07, 6.45) is 2.63. The van der Waals surface area contributed by atoms with Crippen molar-refractivity contribution in [3.8, 4) is 0 Å². The van der Waals surface area contributed by atoms with Crippen molar-refractivity contribution in [3.05, 3.63) is 0 Å². The van der Waals surface area contributed by atoms with Crippen LogP contribution in [0.15, 0.2) is 0 Å². The molecule has 0 aromatic rings. The van der Waals surface area contributed by atoms with E-state index in [0.717, 1.165) is 26.2 Å². The zero-order valence-electron chi connectivity index (χ0n) is 12.1. The number of rotatable bonds is 7. The number of hydrogen-bond acceptors (Lipinski definition) is 3. The van der Waals surface area contributed by atoms with E-state index in [-0.39, 0.29) is 0 Å². The number of aliphatic carboxylic acids is 1. The van der Waals surface area contributed by atoms with E-state index in [1.54, 1.807) is 0 Å². The molecule has 1 N–H and O–H groups in total. The molecule has 0 aliphatic carbocycles. The van der Waals surface area contributed by atoms with Crippen molar-refractivity contribution in [3.63, 3.8) is 0 Å². The standard InChI is InChI=1S/C14H28N2O2/c1-4-7-15-8-10-16(11-9-15)12-14(5-2,6-3)13(17)18/h4-12H2,1-3H3,(H,17,18). The first-order valence-electron chi connectivity index (χ1n) is 7.26. The van der Waals surface area contributed by atoms with Crippen molar-refractivity contribution in [2.24, 2.45) is 5.41 Å². The van der Waals surface area contributed by atoms with Gasteiger partial charge in [-0.25, -0.2) is 0 Å². The highest BCUT2D eigenvalue weighted by Gasteiger charge is 2.37. The maximum absolute atomic E-state index is 11.5. The van der Waals surface area contributed by atoms with Gasteiger partial charge in [-0.1, -0.05) is 20.8 Å². The topological polar surface area (TPSA) is 43.8 Å². The highest BCUT2D eigenvalue weighted by Crippen LogP contribution is 2.28. The van der Waals surface area contributed by atoms with Gasteiger partial charge in [-0.3, -0.25) is 9.69 Å². The number of carboxylic acid groups (broad SMARTS) is 1. The summed E-state index contributed by atoms with van der Waals surface area (Å²) >= 11 is 0. The van der Waals surface area contributed by atoms with Crippen LogP contribution in [0.5, 0.6) is 0 Å². The minimum atomic E-state index is -0.636. The minimum Gasteiger partial charge on any atom is -0.481 e. The molecule has 18 heavy (non-hydrogen) atoms. The van der Waals surface area contributed by atoms with Gasteiger partial charge in [0, 0.05) is 32.7 Å². The first kappa shape index (κ1) is 15.4. The van der Waals surface area contributed by atoms with Gasteiger partial charge in [0.1, 0.15) is 0 Å². The van der Waals surface area contributed by atoms with Gasteiger partial charge in [-0.05, 0) is 25.8 Å². The average Bonchev–Trinajstić information content (AvgIpc) is 2.38. The molecule has 0 spiro atoms. The van der Waals surface area contributed by atoms with Crippen LogP contribution in [0.2, 0.25) is 0 Å². The normalized spacial score (nSPS) is 19.1. The second kappa shape index (κ2) is 7.10. The monoisotopic (exact) mass is 256 g/mol. The van der Waals surface area contributed by atoms with Crippen molar-refractivity contribution in [1.82, 2.24) is 9.80 Å². The molecule has 4 nitrogen and oxygen atoms in total. The summed E-state index contributed by atoms with van der Waals surface area (Å²) < 4.78 is 0. The Morgan fingerprint density at radius 2 is 1.56 bits per heavy atom. The number of carboxylic acids is 1. The summed E-state index contributed by atoms with van der Waals surface area (Å²) in [5.74, 6) is -0.636. The van der Waals surface area contributed by atoms with E-state index in [4.69, 9.17) is 0 Å². The van der Waals surface area contributed by atoms with Gasteiger partial charge in [0.25, 0.3) is 0 Å². The molecule has 0 aromatic carbocycles. The molecular formula is C14H28N2O2. The van der Waals surface area contributed by atoms with Crippen LogP contribution in [0.3, 0.4) is 0 Å². The predicted molar refractivity (Wildman–Crippen MR) is 73.8 cm³/mol. The van der Waals surface area contributed by atoms with E-state index in [1.807, 2.05) is 13.8 Å². The van der Waals surface area contributed by atoms with Crippen LogP contribution in [0.1, 0.15) is 40.0 Å². The number of nitrogens with zero attached hydrogens (tertiary/aromatic N) is 2. The Labute approximate surface area is 111 Å². The Kier molecular flexibility index (Phi) is 6.09. The minimum absolute atomic E-state index is 0.549. The second-order valence-corrected chi connectivity index (χ2v) is 5.41. The van der Waals surface area contributed by atoms with Crippen molar-refractivity contribution in [2.45, 2.75) is 40.0 Å². The van der Waals surface area contributed by atoms with Crippen LogP contribution in [-0.2, 0) is 4.79 Å². The molecule has 0 radical (unpaired) electrons. The summed E-state index contributed by atoms with van der Waals surface area (Å²) in [7, 11) is 0. The molecule has 1 aliphatic rings. The Morgan fingerprint density at radius 3 is 1.94 bits per heavy atom. The third-order valence-electron chi connectivity index (χ3n) is 4.34. The van der Waals surface area contributed by atoms with E-state index in [0.29, 0.717) is 19.4 Å². The van der Waals surface area contributed by atoms with Crippen LogP contribution in [0, 0.1) is 5.41 Å². The van der Waals surface area contributed by atoms with Crippen LogP contribution in [0.4, 0.5) is 0 Å². The fourth-order valence-electron chi connectivity index (χ4n) is 2.76. The largest absolute Gasteiger partial charge is 0.481 e. The molecular weight excluding hydrogens is 228 g/mol. The number of hydrogen-bond donors (Lipinski definition) is 1. The maximum Gasteiger partial charge on any atom is 0.310 e. The molecule has 106 valence electrons. The van der Waals surface area contributed by atoms with E-state index in [2.05, 4.69) is 16.7 Å². The second-order valence-electron chi connectivity index (χ2n) is 5.41. The lowest BCUT2D eigenvalue weighted by Crippen LogP contribution is -2.51. The molecule has 1 rings (SSSR count). The molecule has 0 aromatic heterocycles. The molecule has 1 saturated heterocycles. The molecule has 1 aliphatic heterocycles. The summed E-state index contributed by atoms with van der Waals surface area (Å²) in [6.45, 7) is 12.2. The maximum atomic E-state index is 11.5. The van der Waals surface area contributed by atoms with Crippen molar-refractivity contribution >= 4 is 5.97 Å². The fourth-order valence-corrected chi connectivity index (χ4v) is 2.76. The van der Waals surface area contributed by atoms with Crippen LogP contribution in [0.25, 0.3) is 0 Å². The molecule has 1 fully saturated rings. The first-order valence-corrected chi connectivity index (χ1v) is 7.26. The lowest BCUT2D eigenvalue weighted by atomic mass is 9.81. The Hall–Kier alpha value is -0.610. The van der Waals surface area contributed by atoms with Crippen molar-refractivity contribution in [2.75, 3.05) is 39.3 Å². The van der Waals surface area contributed by atoms with E-state index in [1.165, 1.54) is 13.0 Å². The van der Waals surface area contributed by atoms with Crippen LogP contribution < -0.4 is 0 Å². The molecule has 0 bridgehead atoms. The molecule has 0 saturated carbocycles. The number of carbonyl (C=O) groups is 1. The summed E-state index contributed by atoms with van der Waals surface area (Å²) in [6, 6.07) is 0. The van der Waals surface area contributed by atoms with Gasteiger partial charge < -0.3 is 10.0 Å². The fraction of sp³-hybridized carbons (Fsp3) is 0.929. The quantitative estimate of drug-likeness (QED) is 0.755. The van der Waals surface area contributed by atoms with Gasteiger partial charge in [-0.2, -0.15) is 0 Å². The summed E-state index contributed by atoms with van der Waals surface area (Å²) in [4.78, 5) is 16.3. The third-order valence-corrected chi connectivity index (χ3v) is 4.34. The van der Waals surface area contributed by atoms with Gasteiger partial charge in [0.2, 0.25) is 0 Å². The van der Waals surface area contributed by atoms with Gasteiger partial charge in [0.15, 0.2) is 0 Å².